The summed E-state index contributed by atoms with van der Waals surface area (Å²) in [4.78, 5) is 12.0. The van der Waals surface area contributed by atoms with Crippen LogP contribution in [-0.4, -0.2) is 25.2 Å². The lowest BCUT2D eigenvalue weighted by atomic mass is 9.68. The van der Waals surface area contributed by atoms with E-state index < -0.39 is 0 Å². The van der Waals surface area contributed by atoms with Crippen LogP contribution in [0.4, 0.5) is 0 Å². The van der Waals surface area contributed by atoms with Crippen LogP contribution in [0.3, 0.4) is 0 Å². The Labute approximate surface area is 118 Å². The number of hydrogen-bond donors (Lipinski definition) is 1. The SMILES string of the molecule is CCNC(C(=O)OCC)C1CCC(C(C)(C)C)CC1. The highest BCUT2D eigenvalue weighted by atomic mass is 16.5. The molecule has 1 N–H and O–H groups in total. The van der Waals surface area contributed by atoms with E-state index in [1.54, 1.807) is 0 Å². The Morgan fingerprint density at radius 2 is 1.79 bits per heavy atom. The summed E-state index contributed by atoms with van der Waals surface area (Å²) in [6.45, 7) is 12.2. The fraction of sp³-hybridized carbons (Fsp3) is 0.938. The second-order valence-corrected chi connectivity index (χ2v) is 6.77. The van der Waals surface area contributed by atoms with Gasteiger partial charge in [-0.1, -0.05) is 27.7 Å². The molecule has 19 heavy (non-hydrogen) atoms. The van der Waals surface area contributed by atoms with E-state index in [9.17, 15) is 4.79 Å². The number of hydrogen-bond acceptors (Lipinski definition) is 3. The number of carbonyl (C=O) groups excluding carboxylic acids is 1. The third-order valence-electron chi connectivity index (χ3n) is 4.43. The third kappa shape index (κ3) is 4.79. The monoisotopic (exact) mass is 269 g/mol. The number of likely N-dealkylation sites (N-methyl/N-ethyl adjacent to an activating group) is 1. The molecule has 1 saturated carbocycles. The van der Waals surface area contributed by atoms with Crippen molar-refractivity contribution in [2.45, 2.75) is 66.3 Å². The van der Waals surface area contributed by atoms with E-state index in [-0.39, 0.29) is 12.0 Å². The molecule has 0 heterocycles. The molecule has 0 aliphatic heterocycles. The van der Waals surface area contributed by atoms with Gasteiger partial charge in [0.2, 0.25) is 0 Å². The largest absolute Gasteiger partial charge is 0.465 e. The van der Waals surface area contributed by atoms with Crippen LogP contribution in [0.2, 0.25) is 0 Å². The van der Waals surface area contributed by atoms with E-state index in [4.69, 9.17) is 4.74 Å². The van der Waals surface area contributed by atoms with Crippen LogP contribution in [-0.2, 0) is 9.53 Å². The summed E-state index contributed by atoms with van der Waals surface area (Å²) < 4.78 is 5.20. The molecule has 1 atom stereocenters. The highest BCUT2D eigenvalue weighted by Crippen LogP contribution is 2.40. The first kappa shape index (κ1) is 16.5. The van der Waals surface area contributed by atoms with Gasteiger partial charge in [0.25, 0.3) is 0 Å². The molecular weight excluding hydrogens is 238 g/mol. The second-order valence-electron chi connectivity index (χ2n) is 6.77. The first-order valence-electron chi connectivity index (χ1n) is 7.80. The molecule has 112 valence electrons. The van der Waals surface area contributed by atoms with Gasteiger partial charge in [0.05, 0.1) is 6.61 Å². The van der Waals surface area contributed by atoms with Gasteiger partial charge in [-0.2, -0.15) is 0 Å². The second kappa shape index (κ2) is 7.28. The van der Waals surface area contributed by atoms with Gasteiger partial charge in [-0.05, 0) is 56.4 Å². The molecule has 1 unspecified atom stereocenters. The molecule has 0 radical (unpaired) electrons. The molecular formula is C16H31NO2. The first-order chi connectivity index (χ1) is 8.90. The smallest absolute Gasteiger partial charge is 0.323 e. The number of esters is 1. The van der Waals surface area contributed by atoms with Crippen LogP contribution < -0.4 is 5.32 Å². The highest BCUT2D eigenvalue weighted by molar-refractivity contribution is 5.76. The Kier molecular flexibility index (Phi) is 6.31. The predicted octanol–water partition coefficient (Wildman–Crippen LogP) is 3.38. The maximum Gasteiger partial charge on any atom is 0.323 e. The lowest BCUT2D eigenvalue weighted by molar-refractivity contribution is -0.147. The van der Waals surface area contributed by atoms with Gasteiger partial charge in [-0.3, -0.25) is 4.79 Å². The van der Waals surface area contributed by atoms with Crippen molar-refractivity contribution in [3.8, 4) is 0 Å². The molecule has 0 saturated heterocycles. The molecule has 3 heteroatoms. The third-order valence-corrected chi connectivity index (χ3v) is 4.43. The quantitative estimate of drug-likeness (QED) is 0.778. The molecule has 0 spiro atoms. The lowest BCUT2D eigenvalue weighted by Crippen LogP contribution is -2.45. The molecule has 1 aliphatic carbocycles. The van der Waals surface area contributed by atoms with Crippen LogP contribution in [0.15, 0.2) is 0 Å². The van der Waals surface area contributed by atoms with E-state index in [0.717, 1.165) is 25.3 Å². The minimum Gasteiger partial charge on any atom is -0.465 e. The average Bonchev–Trinajstić information content (AvgIpc) is 2.35. The summed E-state index contributed by atoms with van der Waals surface area (Å²) in [7, 11) is 0. The van der Waals surface area contributed by atoms with Crippen molar-refractivity contribution >= 4 is 5.97 Å². The van der Waals surface area contributed by atoms with Crippen LogP contribution in [0.5, 0.6) is 0 Å². The lowest BCUT2D eigenvalue weighted by Gasteiger charge is -2.39. The van der Waals surface area contributed by atoms with Crippen molar-refractivity contribution in [2.75, 3.05) is 13.2 Å². The van der Waals surface area contributed by atoms with E-state index in [0.29, 0.717) is 17.9 Å². The predicted molar refractivity (Wildman–Crippen MR) is 79.0 cm³/mol. The van der Waals surface area contributed by atoms with E-state index in [1.165, 1.54) is 12.8 Å². The van der Waals surface area contributed by atoms with Gasteiger partial charge >= 0.3 is 5.97 Å². The number of carbonyl (C=O) groups is 1. The molecule has 0 amide bonds. The first-order valence-corrected chi connectivity index (χ1v) is 7.80. The molecule has 3 nitrogen and oxygen atoms in total. The summed E-state index contributed by atoms with van der Waals surface area (Å²) in [5.74, 6) is 1.16. The molecule has 0 aromatic heterocycles. The van der Waals surface area contributed by atoms with E-state index in [1.807, 2.05) is 13.8 Å². The normalized spacial score (nSPS) is 25.9. The summed E-state index contributed by atoms with van der Waals surface area (Å²) in [5.41, 5.74) is 0.391. The topological polar surface area (TPSA) is 38.3 Å². The van der Waals surface area contributed by atoms with Gasteiger partial charge in [-0.15, -0.1) is 0 Å². The number of nitrogens with one attached hydrogen (secondary N) is 1. The van der Waals surface area contributed by atoms with Crippen LogP contribution >= 0.6 is 0 Å². The fourth-order valence-corrected chi connectivity index (χ4v) is 3.21. The minimum atomic E-state index is -0.106. The summed E-state index contributed by atoms with van der Waals surface area (Å²) in [5, 5.41) is 3.32. The zero-order valence-corrected chi connectivity index (χ0v) is 13.3. The Balaban J connectivity index is 2.57. The van der Waals surface area contributed by atoms with Gasteiger partial charge in [0, 0.05) is 0 Å². The van der Waals surface area contributed by atoms with Gasteiger partial charge in [-0.25, -0.2) is 0 Å². The number of rotatable bonds is 5. The maximum absolute atomic E-state index is 12.0. The standard InChI is InChI=1S/C16H31NO2/c1-6-17-14(15(18)19-7-2)12-8-10-13(11-9-12)16(3,4)5/h12-14,17H,6-11H2,1-5H3. The minimum absolute atomic E-state index is 0.0661. The zero-order valence-electron chi connectivity index (χ0n) is 13.3. The zero-order chi connectivity index (χ0) is 14.5. The molecule has 1 aliphatic rings. The van der Waals surface area contributed by atoms with Crippen molar-refractivity contribution in [1.29, 1.82) is 0 Å². The van der Waals surface area contributed by atoms with Crippen LogP contribution in [0.1, 0.15) is 60.3 Å². The van der Waals surface area contributed by atoms with Crippen molar-refractivity contribution in [1.82, 2.24) is 5.32 Å². The maximum atomic E-state index is 12.0. The Morgan fingerprint density at radius 1 is 1.21 bits per heavy atom. The molecule has 1 rings (SSSR count). The van der Waals surface area contributed by atoms with Gasteiger partial charge < -0.3 is 10.1 Å². The van der Waals surface area contributed by atoms with E-state index in [2.05, 4.69) is 26.1 Å². The molecule has 0 aromatic rings. The highest BCUT2D eigenvalue weighted by Gasteiger charge is 2.35. The average molecular weight is 269 g/mol. The summed E-state index contributed by atoms with van der Waals surface area (Å²) in [6, 6.07) is -0.106. The Morgan fingerprint density at radius 3 is 2.21 bits per heavy atom. The molecule has 0 bridgehead atoms. The summed E-state index contributed by atoms with van der Waals surface area (Å²) >= 11 is 0. The number of ether oxygens (including phenoxy) is 1. The molecule has 1 fully saturated rings. The van der Waals surface area contributed by atoms with Crippen LogP contribution in [0.25, 0.3) is 0 Å². The van der Waals surface area contributed by atoms with Crippen molar-refractivity contribution in [3.05, 3.63) is 0 Å². The van der Waals surface area contributed by atoms with Gasteiger partial charge in [0.15, 0.2) is 0 Å². The Bertz CT molecular complexity index is 275. The van der Waals surface area contributed by atoms with Crippen molar-refractivity contribution in [3.63, 3.8) is 0 Å². The van der Waals surface area contributed by atoms with Crippen molar-refractivity contribution in [2.24, 2.45) is 17.3 Å². The van der Waals surface area contributed by atoms with Crippen LogP contribution in [0, 0.1) is 17.3 Å². The Hall–Kier alpha value is -0.570. The van der Waals surface area contributed by atoms with E-state index >= 15 is 0 Å². The summed E-state index contributed by atoms with van der Waals surface area (Å²) in [6.07, 6.45) is 4.74. The van der Waals surface area contributed by atoms with Crippen molar-refractivity contribution < 1.29 is 9.53 Å². The van der Waals surface area contributed by atoms with Gasteiger partial charge in [0.1, 0.15) is 6.04 Å². The fourth-order valence-electron chi connectivity index (χ4n) is 3.21. The molecule has 0 aromatic carbocycles.